The Balaban J connectivity index is 1.51. The third-order valence-electron chi connectivity index (χ3n) is 12.8. The number of hydrogen-bond donors (Lipinski definition) is 0. The number of ether oxygens (including phenoxy) is 6. The molecule has 4 aromatic rings. The van der Waals surface area contributed by atoms with E-state index in [0.29, 0.717) is 77.3 Å². The van der Waals surface area contributed by atoms with Crippen molar-refractivity contribution >= 4 is 47.5 Å². The van der Waals surface area contributed by atoms with Gasteiger partial charge in [0.15, 0.2) is 28.8 Å². The standard InChI is InChI=1S/C54H71N3O9/c1-12-53(6,7)23-27-66-54(8,13-2)22-26-56(24-17-20-51(59)63-11)42-30-39(29-40(31-42)36-65-50-34-45(55-14-3)44(38(5)58)33-48(50)62-10)35-64-49-28-37(4)43(32-47(49)61-9)52(60)57-25-21-41-18-15-16-19-46(41)57/h14-16,18-19,28-34,60H,4,12-13,17,20-27,35-36H2,1-3,5-11H3/p-1. The van der Waals surface area contributed by atoms with E-state index in [4.69, 9.17) is 28.4 Å². The summed E-state index contributed by atoms with van der Waals surface area (Å²) in [6.45, 7) is 21.4. The molecule has 1 unspecified atom stereocenters. The quantitative estimate of drug-likeness (QED) is 0.0359. The highest BCUT2D eigenvalue weighted by atomic mass is 16.5. The lowest BCUT2D eigenvalue weighted by atomic mass is 9.87. The second-order valence-electron chi connectivity index (χ2n) is 17.9. The molecule has 0 N–H and O–H groups in total. The number of esters is 1. The number of carbonyl (C=O) groups is 2. The first kappa shape index (κ1) is 51.0. The van der Waals surface area contributed by atoms with E-state index in [9.17, 15) is 14.7 Å². The average molecular weight is 905 g/mol. The number of methoxy groups -OCH3 is 3. The van der Waals surface area contributed by atoms with Crippen molar-refractivity contribution in [3.63, 3.8) is 0 Å². The molecule has 1 aliphatic rings. The van der Waals surface area contributed by atoms with Crippen molar-refractivity contribution in [2.24, 2.45) is 10.4 Å². The summed E-state index contributed by atoms with van der Waals surface area (Å²) in [6, 6.07) is 21.0. The first-order valence-electron chi connectivity index (χ1n) is 23.1. The maximum Gasteiger partial charge on any atom is 0.305 e. The maximum absolute atomic E-state index is 13.9. The number of fused-ring (bicyclic) bond motifs is 1. The van der Waals surface area contributed by atoms with Crippen molar-refractivity contribution < 1.29 is 43.1 Å². The van der Waals surface area contributed by atoms with E-state index >= 15 is 0 Å². The molecule has 66 heavy (non-hydrogen) atoms. The summed E-state index contributed by atoms with van der Waals surface area (Å²) in [4.78, 5) is 33.4. The average Bonchev–Trinajstić information content (AvgIpc) is 3.75. The van der Waals surface area contributed by atoms with Crippen LogP contribution in [0.1, 0.15) is 114 Å². The minimum absolute atomic E-state index is 0.138. The normalized spacial score (nSPS) is 13.8. The maximum atomic E-state index is 13.9. The first-order chi connectivity index (χ1) is 31.6. The van der Waals surface area contributed by atoms with Crippen LogP contribution < -0.4 is 44.3 Å². The van der Waals surface area contributed by atoms with Crippen molar-refractivity contribution in [1.29, 1.82) is 0 Å². The van der Waals surface area contributed by atoms with Crippen LogP contribution in [0, 0.1) is 5.41 Å². The Labute approximate surface area is 391 Å². The number of para-hydroxylation sites is 1. The summed E-state index contributed by atoms with van der Waals surface area (Å²) in [7, 11) is 4.50. The Morgan fingerprint density at radius 1 is 0.864 bits per heavy atom. The summed E-state index contributed by atoms with van der Waals surface area (Å²) in [5.74, 6) is 1.15. The predicted molar refractivity (Wildman–Crippen MR) is 262 cm³/mol. The lowest BCUT2D eigenvalue weighted by molar-refractivity contribution is -0.251. The highest BCUT2D eigenvalue weighted by molar-refractivity contribution is 6.00. The minimum atomic E-state index is -0.369. The van der Waals surface area contributed by atoms with Crippen molar-refractivity contribution in [3.8, 4) is 23.0 Å². The van der Waals surface area contributed by atoms with Crippen molar-refractivity contribution in [1.82, 2.24) is 0 Å². The van der Waals surface area contributed by atoms with Crippen LogP contribution in [-0.4, -0.2) is 71.1 Å². The fourth-order valence-corrected chi connectivity index (χ4v) is 7.89. The van der Waals surface area contributed by atoms with Gasteiger partial charge in [-0.15, -0.1) is 0 Å². The molecule has 0 saturated carbocycles. The topological polar surface area (TPSA) is 131 Å². The molecule has 1 atom stereocenters. The fourth-order valence-electron chi connectivity index (χ4n) is 7.89. The van der Waals surface area contributed by atoms with Gasteiger partial charge in [0.1, 0.15) is 13.2 Å². The molecular weight excluding hydrogens is 835 g/mol. The van der Waals surface area contributed by atoms with Gasteiger partial charge in [-0.05, 0) is 134 Å². The van der Waals surface area contributed by atoms with Gasteiger partial charge >= 0.3 is 5.97 Å². The minimum Gasteiger partial charge on any atom is -0.860 e. The van der Waals surface area contributed by atoms with Gasteiger partial charge in [0.05, 0.1) is 32.6 Å². The lowest BCUT2D eigenvalue weighted by Crippen LogP contribution is -2.39. The fraction of sp³-hybridized carbons (Fsp3) is 0.463. The van der Waals surface area contributed by atoms with Crippen LogP contribution in [0.2, 0.25) is 0 Å². The summed E-state index contributed by atoms with van der Waals surface area (Å²) >= 11 is 0. The van der Waals surface area contributed by atoms with Crippen molar-refractivity contribution in [2.75, 3.05) is 57.4 Å². The van der Waals surface area contributed by atoms with Crippen LogP contribution in [0.4, 0.5) is 17.1 Å². The number of ketones is 1. The Morgan fingerprint density at radius 2 is 1.53 bits per heavy atom. The number of Topliss-reactive ketones (excluding diaryl/α,β-unsaturated/α-hetero) is 1. The zero-order valence-corrected chi connectivity index (χ0v) is 40.8. The number of benzene rings is 4. The van der Waals surface area contributed by atoms with Gasteiger partial charge in [0, 0.05) is 61.9 Å². The van der Waals surface area contributed by atoms with Gasteiger partial charge in [-0.25, -0.2) is 0 Å². The van der Waals surface area contributed by atoms with Crippen molar-refractivity contribution in [2.45, 2.75) is 112 Å². The molecule has 12 nitrogen and oxygen atoms in total. The van der Waals surface area contributed by atoms with Crippen LogP contribution in [0.5, 0.6) is 23.0 Å². The molecule has 0 bridgehead atoms. The molecule has 1 heterocycles. The third kappa shape index (κ3) is 13.3. The zero-order chi connectivity index (χ0) is 48.0. The van der Waals surface area contributed by atoms with Gasteiger partial charge in [-0.2, -0.15) is 0 Å². The third-order valence-corrected chi connectivity index (χ3v) is 12.8. The second kappa shape index (κ2) is 23.4. The molecule has 1 aliphatic heterocycles. The summed E-state index contributed by atoms with van der Waals surface area (Å²) in [6.07, 6.45) is 6.90. The van der Waals surface area contributed by atoms with E-state index in [1.54, 1.807) is 49.4 Å². The zero-order valence-electron chi connectivity index (χ0n) is 40.8. The Hall–Kier alpha value is -6.01. The summed E-state index contributed by atoms with van der Waals surface area (Å²) in [5, 5.41) is 14.9. The van der Waals surface area contributed by atoms with Gasteiger partial charge in [-0.1, -0.05) is 58.9 Å². The van der Waals surface area contributed by atoms with E-state index in [2.05, 4.69) is 63.2 Å². The number of hydrogen-bond acceptors (Lipinski definition) is 12. The van der Waals surface area contributed by atoms with E-state index in [-0.39, 0.29) is 48.3 Å². The van der Waals surface area contributed by atoms with Crippen LogP contribution >= 0.6 is 0 Å². The van der Waals surface area contributed by atoms with E-state index in [1.807, 2.05) is 30.3 Å². The first-order valence-corrected chi connectivity index (χ1v) is 23.1. The van der Waals surface area contributed by atoms with Gasteiger partial charge in [0.2, 0.25) is 0 Å². The van der Waals surface area contributed by atoms with Gasteiger partial charge in [0.25, 0.3) is 0 Å². The molecular formula is C54H70N3O9-. The molecule has 4 aromatic carbocycles. The molecule has 356 valence electrons. The molecule has 0 amide bonds. The highest BCUT2D eigenvalue weighted by Gasteiger charge is 2.26. The van der Waals surface area contributed by atoms with Gasteiger partial charge < -0.3 is 43.3 Å². The SMILES string of the molecule is C=c1cc(OCc2cc(COc3cc(N=CC)c(C(C)=O)cc3OC)cc(N(CCCC(=O)OC)CCC(C)(CC)OCCC(C)(C)CC)c2)c(OC)cc1=C([O-])N1CCc2ccccc21. The number of aliphatic imine (C=N–C) groups is 1. The van der Waals surface area contributed by atoms with Crippen molar-refractivity contribution in [3.05, 3.63) is 99.4 Å². The molecule has 0 aliphatic carbocycles. The Morgan fingerprint density at radius 3 is 2.15 bits per heavy atom. The molecule has 0 radical (unpaired) electrons. The van der Waals surface area contributed by atoms with Crippen LogP contribution in [0.25, 0.3) is 12.5 Å². The predicted octanol–water partition coefficient (Wildman–Crippen LogP) is 8.85. The smallest absolute Gasteiger partial charge is 0.305 e. The second-order valence-corrected chi connectivity index (χ2v) is 17.9. The molecule has 0 aromatic heterocycles. The van der Waals surface area contributed by atoms with E-state index < -0.39 is 0 Å². The van der Waals surface area contributed by atoms with Crippen LogP contribution in [-0.2, 0) is 33.9 Å². The number of carbonyl (C=O) groups excluding carboxylic acids is 2. The Bertz CT molecular complexity index is 2450. The monoisotopic (exact) mass is 905 g/mol. The molecule has 0 saturated heterocycles. The molecule has 5 rings (SSSR count). The molecule has 12 heteroatoms. The lowest BCUT2D eigenvalue weighted by Gasteiger charge is -2.34. The molecule has 0 spiro atoms. The number of anilines is 2. The van der Waals surface area contributed by atoms with E-state index in [1.165, 1.54) is 21.1 Å². The van der Waals surface area contributed by atoms with Gasteiger partial charge in [-0.3, -0.25) is 14.6 Å². The highest BCUT2D eigenvalue weighted by Crippen LogP contribution is 2.37. The summed E-state index contributed by atoms with van der Waals surface area (Å²) in [5.41, 5.74) is 5.38. The molecule has 0 fully saturated rings. The van der Waals surface area contributed by atoms with E-state index in [0.717, 1.165) is 60.2 Å². The number of rotatable bonds is 25. The van der Waals surface area contributed by atoms with Crippen LogP contribution in [0.3, 0.4) is 0 Å². The largest absolute Gasteiger partial charge is 0.860 e. The van der Waals surface area contributed by atoms with Crippen LogP contribution in [0.15, 0.2) is 71.7 Å². The number of nitrogens with zero attached hydrogens (tertiary/aromatic N) is 3. The Kier molecular flexibility index (Phi) is 18.1. The summed E-state index contributed by atoms with van der Waals surface area (Å²) < 4.78 is 36.1.